The van der Waals surface area contributed by atoms with Gasteiger partial charge < -0.3 is 9.84 Å². The van der Waals surface area contributed by atoms with Crippen molar-refractivity contribution in [3.05, 3.63) is 35.4 Å². The zero-order chi connectivity index (χ0) is 15.5. The Bertz CT molecular complexity index is 446. The van der Waals surface area contributed by atoms with Crippen LogP contribution in [0.3, 0.4) is 0 Å². The first-order valence-corrected chi connectivity index (χ1v) is 8.70. The number of aliphatic hydroxyl groups excluding tert-OH is 1. The molecular formula is C15H20O3S3. The van der Waals surface area contributed by atoms with Crippen molar-refractivity contribution in [2.24, 2.45) is 0 Å². The third-order valence-corrected chi connectivity index (χ3v) is 4.30. The van der Waals surface area contributed by atoms with E-state index >= 15 is 0 Å². The van der Waals surface area contributed by atoms with Crippen molar-refractivity contribution in [1.82, 2.24) is 0 Å². The summed E-state index contributed by atoms with van der Waals surface area (Å²) < 4.78 is 5.82. The minimum Gasteiger partial charge on any atom is -0.462 e. The lowest BCUT2D eigenvalue weighted by molar-refractivity contribution is 0.0497. The van der Waals surface area contributed by atoms with Gasteiger partial charge in [-0.25, -0.2) is 4.79 Å². The fourth-order valence-electron chi connectivity index (χ4n) is 1.70. The van der Waals surface area contributed by atoms with Crippen molar-refractivity contribution >= 4 is 46.1 Å². The van der Waals surface area contributed by atoms with E-state index in [-0.39, 0.29) is 12.6 Å². The molecule has 21 heavy (non-hydrogen) atoms. The van der Waals surface area contributed by atoms with Crippen LogP contribution in [0.5, 0.6) is 0 Å². The SMILES string of the molecule is O=C(OCCCCCCO)c1ccc(CSC(=S)S)cc1. The Morgan fingerprint density at radius 2 is 1.86 bits per heavy atom. The number of thiocarbonyl (C=S) groups is 1. The number of esters is 1. The van der Waals surface area contributed by atoms with Gasteiger partial charge in [0.1, 0.15) is 3.53 Å². The van der Waals surface area contributed by atoms with Crippen LogP contribution >= 0.6 is 36.6 Å². The summed E-state index contributed by atoms with van der Waals surface area (Å²) in [6.07, 6.45) is 3.57. The highest BCUT2D eigenvalue weighted by Crippen LogP contribution is 2.16. The second-order valence-electron chi connectivity index (χ2n) is 4.53. The number of aliphatic hydroxyl groups is 1. The van der Waals surface area contributed by atoms with Gasteiger partial charge in [0, 0.05) is 12.4 Å². The van der Waals surface area contributed by atoms with E-state index in [4.69, 9.17) is 22.1 Å². The number of rotatable bonds is 9. The lowest BCUT2D eigenvalue weighted by atomic mass is 10.1. The van der Waals surface area contributed by atoms with Crippen LogP contribution in [-0.4, -0.2) is 27.8 Å². The number of thiol groups is 1. The molecule has 0 atom stereocenters. The molecule has 0 radical (unpaired) electrons. The van der Waals surface area contributed by atoms with Gasteiger partial charge in [0.2, 0.25) is 0 Å². The molecule has 6 heteroatoms. The first-order chi connectivity index (χ1) is 10.1. The van der Waals surface area contributed by atoms with Crippen molar-refractivity contribution in [3.63, 3.8) is 0 Å². The lowest BCUT2D eigenvalue weighted by Gasteiger charge is -2.06. The fraction of sp³-hybridized carbons (Fsp3) is 0.467. The maximum Gasteiger partial charge on any atom is 0.338 e. The van der Waals surface area contributed by atoms with Crippen LogP contribution in [0.1, 0.15) is 41.6 Å². The average molecular weight is 345 g/mol. The molecule has 0 amide bonds. The van der Waals surface area contributed by atoms with Crippen molar-refractivity contribution in [3.8, 4) is 0 Å². The Morgan fingerprint density at radius 1 is 1.19 bits per heavy atom. The molecule has 0 aromatic heterocycles. The molecule has 0 saturated heterocycles. The van der Waals surface area contributed by atoms with E-state index in [0.29, 0.717) is 15.7 Å². The highest BCUT2D eigenvalue weighted by atomic mass is 32.2. The van der Waals surface area contributed by atoms with Crippen LogP contribution < -0.4 is 0 Å². The van der Waals surface area contributed by atoms with Gasteiger partial charge in [0.05, 0.1) is 12.2 Å². The molecule has 1 N–H and O–H groups in total. The maximum absolute atomic E-state index is 11.8. The predicted octanol–water partition coefficient (Wildman–Crippen LogP) is 3.84. The molecule has 1 aromatic rings. The summed E-state index contributed by atoms with van der Waals surface area (Å²) in [4.78, 5) is 11.8. The Balaban J connectivity index is 2.29. The highest BCUT2D eigenvalue weighted by Gasteiger charge is 2.06. The third kappa shape index (κ3) is 8.46. The van der Waals surface area contributed by atoms with Crippen molar-refractivity contribution in [2.45, 2.75) is 31.4 Å². The molecule has 0 bridgehead atoms. The van der Waals surface area contributed by atoms with Gasteiger partial charge in [-0.1, -0.05) is 30.8 Å². The van der Waals surface area contributed by atoms with E-state index in [1.807, 2.05) is 12.1 Å². The largest absolute Gasteiger partial charge is 0.462 e. The molecular weight excluding hydrogens is 324 g/mol. The monoisotopic (exact) mass is 344 g/mol. The first-order valence-electron chi connectivity index (χ1n) is 6.86. The molecule has 0 saturated carbocycles. The topological polar surface area (TPSA) is 46.5 Å². The summed E-state index contributed by atoms with van der Waals surface area (Å²) in [5.41, 5.74) is 1.66. The van der Waals surface area contributed by atoms with E-state index in [1.165, 1.54) is 11.8 Å². The number of thioether (sulfide) groups is 1. The predicted molar refractivity (Wildman–Crippen MR) is 95.2 cm³/mol. The number of benzene rings is 1. The summed E-state index contributed by atoms with van der Waals surface area (Å²) in [5.74, 6) is 0.462. The van der Waals surface area contributed by atoms with Gasteiger partial charge in [0.25, 0.3) is 0 Å². The average Bonchev–Trinajstić information content (AvgIpc) is 2.49. The summed E-state index contributed by atoms with van der Waals surface area (Å²) >= 11 is 10.4. The molecule has 0 unspecified atom stereocenters. The van der Waals surface area contributed by atoms with Crippen LogP contribution in [0.15, 0.2) is 24.3 Å². The minimum absolute atomic E-state index is 0.225. The second-order valence-corrected chi connectivity index (χ2v) is 7.23. The second kappa shape index (κ2) is 11.1. The molecule has 1 rings (SSSR count). The Hall–Kier alpha value is -0.560. The van der Waals surface area contributed by atoms with E-state index in [1.54, 1.807) is 12.1 Å². The van der Waals surface area contributed by atoms with Crippen LogP contribution in [0.4, 0.5) is 0 Å². The van der Waals surface area contributed by atoms with Gasteiger partial charge in [0.15, 0.2) is 0 Å². The van der Waals surface area contributed by atoms with Crippen LogP contribution in [0.2, 0.25) is 0 Å². The molecule has 3 nitrogen and oxygen atoms in total. The standard InChI is InChI=1S/C15H20O3S3/c16-9-3-1-2-4-10-18-14(17)13-7-5-12(6-8-13)11-21-15(19)20/h5-8,16H,1-4,9-11H2,(H,19,20). The highest BCUT2D eigenvalue weighted by molar-refractivity contribution is 8.41. The number of ether oxygens (including phenoxy) is 1. The van der Waals surface area contributed by atoms with Crippen LogP contribution in [-0.2, 0) is 10.5 Å². The quantitative estimate of drug-likeness (QED) is 0.308. The molecule has 0 spiro atoms. The van der Waals surface area contributed by atoms with Crippen molar-refractivity contribution in [2.75, 3.05) is 13.2 Å². The van der Waals surface area contributed by atoms with E-state index < -0.39 is 0 Å². The van der Waals surface area contributed by atoms with E-state index in [9.17, 15) is 4.79 Å². The smallest absolute Gasteiger partial charge is 0.338 e. The van der Waals surface area contributed by atoms with Gasteiger partial charge in [-0.05, 0) is 37.0 Å². The summed E-state index contributed by atoms with van der Waals surface area (Å²) in [6.45, 7) is 0.651. The number of carbonyl (C=O) groups excluding carboxylic acids is 1. The van der Waals surface area contributed by atoms with E-state index in [0.717, 1.165) is 37.0 Å². The lowest BCUT2D eigenvalue weighted by Crippen LogP contribution is -2.06. The normalized spacial score (nSPS) is 10.4. The fourth-order valence-corrected chi connectivity index (χ4v) is 2.55. The Morgan fingerprint density at radius 3 is 2.48 bits per heavy atom. The van der Waals surface area contributed by atoms with Gasteiger partial charge in [-0.2, -0.15) is 0 Å². The van der Waals surface area contributed by atoms with E-state index in [2.05, 4.69) is 12.6 Å². The maximum atomic E-state index is 11.8. The number of hydrogen-bond donors (Lipinski definition) is 2. The molecule has 0 fully saturated rings. The molecule has 0 aliphatic rings. The first kappa shape index (κ1) is 18.5. The Labute approximate surface area is 140 Å². The van der Waals surface area contributed by atoms with Crippen molar-refractivity contribution < 1.29 is 14.6 Å². The molecule has 1 aromatic carbocycles. The van der Waals surface area contributed by atoms with Gasteiger partial charge in [-0.3, -0.25) is 0 Å². The van der Waals surface area contributed by atoms with Crippen LogP contribution in [0.25, 0.3) is 0 Å². The number of carbonyl (C=O) groups is 1. The third-order valence-electron chi connectivity index (χ3n) is 2.84. The van der Waals surface area contributed by atoms with Gasteiger partial charge >= 0.3 is 5.97 Å². The van der Waals surface area contributed by atoms with Gasteiger partial charge in [-0.15, -0.1) is 24.4 Å². The van der Waals surface area contributed by atoms with Crippen LogP contribution in [0, 0.1) is 0 Å². The summed E-state index contributed by atoms with van der Waals surface area (Å²) in [7, 11) is 0. The number of hydrogen-bond acceptors (Lipinski definition) is 5. The molecule has 116 valence electrons. The zero-order valence-electron chi connectivity index (χ0n) is 11.8. The summed E-state index contributed by atoms with van der Waals surface area (Å²) in [6, 6.07) is 7.34. The minimum atomic E-state index is -0.291. The number of unbranched alkanes of at least 4 members (excludes halogenated alkanes) is 3. The summed E-state index contributed by atoms with van der Waals surface area (Å²) in [5, 5.41) is 8.65. The molecule has 0 aliphatic carbocycles. The molecule has 0 heterocycles. The van der Waals surface area contributed by atoms with Crippen molar-refractivity contribution in [1.29, 1.82) is 0 Å². The molecule has 0 aliphatic heterocycles. The Kier molecular flexibility index (Phi) is 9.74. The zero-order valence-corrected chi connectivity index (χ0v) is 14.3.